The summed E-state index contributed by atoms with van der Waals surface area (Å²) in [5.41, 5.74) is 8.21. The van der Waals surface area contributed by atoms with E-state index in [0.717, 1.165) is 27.4 Å². The third-order valence-corrected chi connectivity index (χ3v) is 23.3. The van der Waals surface area contributed by atoms with Crippen LogP contribution in [-0.2, 0) is 29.9 Å². The normalized spacial score (nSPS) is 12.1. The van der Waals surface area contributed by atoms with Crippen molar-refractivity contribution in [2.24, 2.45) is 0 Å². The van der Waals surface area contributed by atoms with E-state index in [9.17, 15) is 39.6 Å². The Hall–Kier alpha value is -15.0. The molecule has 0 aliphatic carbocycles. The molecule has 0 bridgehead atoms. The van der Waals surface area contributed by atoms with Gasteiger partial charge in [0.15, 0.2) is 14.9 Å². The molecule has 0 saturated carbocycles. The van der Waals surface area contributed by atoms with Crippen molar-refractivity contribution in [3.63, 3.8) is 0 Å². The zero-order chi connectivity index (χ0) is 86.4. The number of nitrogens with zero attached hydrogens (tertiary/aromatic N) is 17. The first kappa shape index (κ1) is 83.9. The fourth-order valence-electron chi connectivity index (χ4n) is 13.8. The van der Waals surface area contributed by atoms with Gasteiger partial charge in [0, 0.05) is 97.2 Å². The second-order valence-electron chi connectivity index (χ2n) is 28.3. The van der Waals surface area contributed by atoms with Crippen molar-refractivity contribution in [3.8, 4) is 50.4 Å². The van der Waals surface area contributed by atoms with Gasteiger partial charge in [-0.1, -0.05) is 109 Å². The maximum absolute atomic E-state index is 14.4. The number of nitrogens with one attached hydrogen (secondary N) is 3. The predicted octanol–water partition coefficient (Wildman–Crippen LogP) is 15.8. The molecule has 6 aromatic carbocycles. The van der Waals surface area contributed by atoms with Gasteiger partial charge in [-0.05, 0) is 170 Å². The van der Waals surface area contributed by atoms with Crippen molar-refractivity contribution in [1.29, 1.82) is 0 Å². The lowest BCUT2D eigenvalue weighted by atomic mass is 9.98. The van der Waals surface area contributed by atoms with Gasteiger partial charge in [-0.2, -0.15) is 0 Å². The van der Waals surface area contributed by atoms with Gasteiger partial charge in [0.25, 0.3) is 16.7 Å². The summed E-state index contributed by atoms with van der Waals surface area (Å²) in [6.45, 7) is 33.5. The Bertz CT molecular complexity index is 6980. The number of benzene rings is 6. The highest BCUT2D eigenvalue weighted by Gasteiger charge is 2.27. The van der Waals surface area contributed by atoms with E-state index in [4.69, 9.17) is 19.7 Å². The van der Waals surface area contributed by atoms with Gasteiger partial charge in [0.2, 0.25) is 37.1 Å². The van der Waals surface area contributed by atoms with Crippen LogP contribution in [0, 0.1) is 40.5 Å². The molecule has 29 nitrogen and oxygen atoms in total. The molecule has 32 heteroatoms. The molecule has 606 valence electrons. The minimum atomic E-state index is -3.54. The summed E-state index contributed by atoms with van der Waals surface area (Å²) in [5.74, 6) is 2.97. The van der Waals surface area contributed by atoms with Crippen LogP contribution in [0.1, 0.15) is 73.5 Å². The molecule has 0 aliphatic rings. The third kappa shape index (κ3) is 18.1. The van der Waals surface area contributed by atoms with Crippen LogP contribution >= 0.6 is 0 Å². The first-order valence-corrected chi connectivity index (χ1v) is 43.0. The molecule has 15 aromatic rings. The first-order chi connectivity index (χ1) is 57.8. The van der Waals surface area contributed by atoms with Gasteiger partial charge in [0.05, 0.1) is 78.4 Å². The fourth-order valence-corrected chi connectivity index (χ4v) is 15.3. The summed E-state index contributed by atoms with van der Waals surface area (Å²) in [6.07, 6.45) is 13.8. The van der Waals surface area contributed by atoms with E-state index in [1.54, 1.807) is 71.0 Å². The number of pyridine rings is 6. The van der Waals surface area contributed by atoms with Crippen LogP contribution in [0.15, 0.2) is 257 Å². The summed E-state index contributed by atoms with van der Waals surface area (Å²) < 4.78 is 80.1. The minimum absolute atomic E-state index is 0.0643. The van der Waals surface area contributed by atoms with E-state index in [1.165, 1.54) is 57.3 Å². The molecule has 0 saturated heterocycles. The molecule has 121 heavy (non-hydrogen) atoms. The number of fused-ring (bicyclic) bond motifs is 3. The number of hydrogen-bond acceptors (Lipinski definition) is 21. The molecular weight excluding hydrogens is 1590 g/mol. The molecule has 9 heterocycles. The predicted molar refractivity (Wildman–Crippen MR) is 473 cm³/mol. The monoisotopic (exact) mass is 1670 g/mol. The van der Waals surface area contributed by atoms with E-state index >= 15 is 0 Å². The van der Waals surface area contributed by atoms with Gasteiger partial charge >= 0.3 is 0 Å². The Morgan fingerprint density at radius 1 is 0.388 bits per heavy atom. The molecule has 0 amide bonds. The Balaban J connectivity index is 0.000000157. The van der Waals surface area contributed by atoms with Crippen molar-refractivity contribution in [1.82, 2.24) is 58.6 Å². The quantitative estimate of drug-likeness (QED) is 0.0597. The molecule has 9 aromatic heterocycles. The lowest BCUT2D eigenvalue weighted by Crippen LogP contribution is -2.26. The van der Waals surface area contributed by atoms with E-state index in [-0.39, 0.29) is 44.6 Å². The van der Waals surface area contributed by atoms with E-state index in [1.807, 2.05) is 178 Å². The average molecular weight is 1670 g/mol. The third-order valence-electron chi connectivity index (χ3n) is 19.9. The van der Waals surface area contributed by atoms with E-state index < -0.39 is 48.0 Å². The highest BCUT2D eigenvalue weighted by atomic mass is 32.2. The minimum Gasteiger partial charge on any atom is -0.371 e. The van der Waals surface area contributed by atoms with Crippen molar-refractivity contribution in [3.05, 3.63) is 337 Å². The van der Waals surface area contributed by atoms with E-state index in [2.05, 4.69) is 75.3 Å². The first-order valence-electron chi connectivity index (χ1n) is 37.4. The smallest absolute Gasteiger partial charge is 0.263 e. The van der Waals surface area contributed by atoms with E-state index in [0.29, 0.717) is 140 Å². The van der Waals surface area contributed by atoms with Crippen molar-refractivity contribution in [2.45, 2.75) is 64.7 Å². The molecule has 0 spiro atoms. The van der Waals surface area contributed by atoms with Gasteiger partial charge in [-0.3, -0.25) is 56.6 Å². The number of anilines is 5. The highest BCUT2D eigenvalue weighted by Crippen LogP contribution is 2.38. The molecule has 0 radical (unpaired) electrons. The SMILES string of the molecule is [C-]#[N+]c1cnc(C)nc1N[C@@H](C)c1cc2cccc(-c3ccnc(N(C)S(C)(=O)=O)c3)c2c(=O)n1-c1ccccc1.[C-]#[N+]c1cnc(C)nc1N[C@@H](C)c1cc2cccc(-c3ccnc(S(C)(=O)=O)c3)c2c(=O)n1-c1ccccc1.[C-]#[N+]c1cnc(C)nc1N[C@@H](C)c1cc2cccc(-c3cncc(N(C)S(C)(=O)=O)c3)c2c(=O)n1-c1ccccc1. The number of hydrogen-bond donors (Lipinski definition) is 3. The van der Waals surface area contributed by atoms with Crippen LogP contribution in [0.4, 0.5) is 46.0 Å². The largest absolute Gasteiger partial charge is 0.371 e. The summed E-state index contributed by atoms with van der Waals surface area (Å²) in [4.78, 5) is 91.7. The van der Waals surface area contributed by atoms with Crippen LogP contribution in [0.3, 0.4) is 0 Å². The van der Waals surface area contributed by atoms with Crippen LogP contribution in [0.25, 0.3) is 97.3 Å². The second kappa shape index (κ2) is 35.0. The van der Waals surface area contributed by atoms with Gasteiger partial charge < -0.3 is 16.0 Å². The van der Waals surface area contributed by atoms with Crippen LogP contribution < -0.4 is 41.2 Å². The average Bonchev–Trinajstić information content (AvgIpc) is 0.756. The van der Waals surface area contributed by atoms with Gasteiger partial charge in [-0.25, -0.2) is 64.7 Å². The Morgan fingerprint density at radius 3 is 1.08 bits per heavy atom. The lowest BCUT2D eigenvalue weighted by molar-refractivity contribution is 0.597. The maximum atomic E-state index is 14.4. The molecule has 15 rings (SSSR count). The number of aromatic nitrogens is 12. The maximum Gasteiger partial charge on any atom is 0.263 e. The van der Waals surface area contributed by atoms with Crippen molar-refractivity contribution < 1.29 is 25.3 Å². The summed E-state index contributed by atoms with van der Waals surface area (Å²) in [7, 11) is -7.67. The summed E-state index contributed by atoms with van der Waals surface area (Å²) in [6, 6.07) is 57.3. The molecular formula is C89H78N20O9S3. The second-order valence-corrected chi connectivity index (χ2v) is 34.3. The summed E-state index contributed by atoms with van der Waals surface area (Å²) in [5, 5.41) is 13.3. The standard InChI is InChI=1S/2C30H27N7O3S.C29H24N6O3S/c1-19(34-29-26(31-3)18-33-20(2)35-29)27-15-21-10-9-13-25(22-14-24(17-32-16-22)36(4)41(5,39)40)28(21)30(38)37(27)23-11-7-6-8-12-23;1-19(34-29-25(31-3)18-33-20(2)35-29)26-16-22-10-9-13-24(21-14-15-32-27(17-21)36(4)41(5,39)40)28(22)30(38)37(26)23-11-7-6-8-12-23;1-18(33-28-24(30-3)17-32-19(2)34-28)25-15-21-9-8-12-23(20-13-14-31-26(16-20)39(4,37)38)27(21)29(36)35(25)22-10-6-5-7-11-22/h2*6-19H,1-2,4-5H3,(H,33,34,35);5-18H,1-2,4H3,(H,32,33,34)/t2*19-;18-/m000/s1. The Morgan fingerprint density at radius 2 is 0.736 bits per heavy atom. The zero-order valence-electron chi connectivity index (χ0n) is 67.3. The molecule has 3 atom stereocenters. The topological polar surface area (TPSA) is 340 Å². The highest BCUT2D eigenvalue weighted by molar-refractivity contribution is 7.92. The zero-order valence-corrected chi connectivity index (χ0v) is 69.7. The van der Waals surface area contributed by atoms with Crippen molar-refractivity contribution in [2.75, 3.05) is 57.4 Å². The Kier molecular flexibility index (Phi) is 24.3. The van der Waals surface area contributed by atoms with Gasteiger partial charge in [0.1, 0.15) is 40.7 Å². The number of para-hydroxylation sites is 3. The van der Waals surface area contributed by atoms with Crippen LogP contribution in [-0.4, -0.2) is 117 Å². The molecule has 0 fully saturated rings. The Labute approximate surface area is 697 Å². The van der Waals surface area contributed by atoms with Gasteiger partial charge in [-0.15, -0.1) is 0 Å². The summed E-state index contributed by atoms with van der Waals surface area (Å²) >= 11 is 0. The van der Waals surface area contributed by atoms with Crippen LogP contribution in [0.5, 0.6) is 0 Å². The molecule has 3 N–H and O–H groups in total. The number of sulfone groups is 1. The number of aryl methyl sites for hydroxylation is 3. The molecule has 0 aliphatic heterocycles. The van der Waals surface area contributed by atoms with Crippen LogP contribution in [0.2, 0.25) is 0 Å². The van der Waals surface area contributed by atoms with Crippen molar-refractivity contribution >= 4 is 108 Å². The number of rotatable bonds is 20. The number of sulfonamides is 2. The fraction of sp³-hybridized carbons (Fsp3) is 0.157. The lowest BCUT2D eigenvalue weighted by Gasteiger charge is -2.22. The molecule has 0 unspecified atom stereocenters.